The van der Waals surface area contributed by atoms with Crippen LogP contribution in [0.4, 0.5) is 0 Å². The van der Waals surface area contributed by atoms with Gasteiger partial charge >= 0.3 is 5.97 Å². The van der Waals surface area contributed by atoms with Crippen molar-refractivity contribution in [3.05, 3.63) is 17.1 Å². The van der Waals surface area contributed by atoms with Crippen LogP contribution in [0.15, 0.2) is 9.31 Å². The number of rotatable bonds is 4. The van der Waals surface area contributed by atoms with E-state index in [-0.39, 0.29) is 5.97 Å². The van der Waals surface area contributed by atoms with E-state index in [9.17, 15) is 4.79 Å². The van der Waals surface area contributed by atoms with E-state index in [0.717, 1.165) is 10.7 Å². The lowest BCUT2D eigenvalue weighted by Gasteiger charge is -2.03. The van der Waals surface area contributed by atoms with Gasteiger partial charge in [-0.3, -0.25) is 4.72 Å². The molecule has 15 heavy (non-hydrogen) atoms. The Balaban J connectivity index is 3.08. The number of carbonyl (C=O) groups excluding carboxylic acids is 1. The summed E-state index contributed by atoms with van der Waals surface area (Å²) in [4.78, 5) is 12.5. The topological polar surface area (TPSA) is 51.5 Å². The second-order valence-corrected chi connectivity index (χ2v) is 3.97. The standard InChI is InChI=1S/C10H15NO3S/c1-5-13-10(12)8-6(2)14-7(3)9(8)15-11-4/h11H,5H2,1-4H3. The predicted molar refractivity (Wildman–Crippen MR) is 59.1 cm³/mol. The van der Waals surface area contributed by atoms with Gasteiger partial charge in [-0.05, 0) is 39.8 Å². The highest BCUT2D eigenvalue weighted by molar-refractivity contribution is 7.97. The monoisotopic (exact) mass is 229 g/mol. The third-order valence-electron chi connectivity index (χ3n) is 1.89. The molecular weight excluding hydrogens is 214 g/mol. The first-order valence-corrected chi connectivity index (χ1v) is 5.54. The van der Waals surface area contributed by atoms with Crippen LogP contribution in [0.5, 0.6) is 0 Å². The maximum Gasteiger partial charge on any atom is 0.342 e. The second kappa shape index (κ2) is 5.23. The number of nitrogens with one attached hydrogen (secondary N) is 1. The summed E-state index contributed by atoms with van der Waals surface area (Å²) >= 11 is 1.36. The molecule has 1 aromatic heterocycles. The lowest BCUT2D eigenvalue weighted by atomic mass is 10.2. The molecule has 1 aromatic rings. The van der Waals surface area contributed by atoms with E-state index in [1.165, 1.54) is 11.9 Å². The fourth-order valence-electron chi connectivity index (χ4n) is 1.33. The van der Waals surface area contributed by atoms with Crippen LogP contribution in [0.3, 0.4) is 0 Å². The average Bonchev–Trinajstić information content (AvgIpc) is 2.43. The lowest BCUT2D eigenvalue weighted by Crippen LogP contribution is -2.07. The SMILES string of the molecule is CCOC(=O)c1c(C)oc(C)c1SNC. The van der Waals surface area contributed by atoms with Gasteiger partial charge in [-0.1, -0.05) is 0 Å². The second-order valence-electron chi connectivity index (χ2n) is 2.95. The van der Waals surface area contributed by atoms with E-state index in [2.05, 4.69) is 4.72 Å². The summed E-state index contributed by atoms with van der Waals surface area (Å²) in [6.45, 7) is 5.74. The number of hydrogen-bond donors (Lipinski definition) is 1. The largest absolute Gasteiger partial charge is 0.464 e. The van der Waals surface area contributed by atoms with Crippen molar-refractivity contribution in [2.75, 3.05) is 13.7 Å². The van der Waals surface area contributed by atoms with E-state index in [1.54, 1.807) is 20.9 Å². The molecule has 0 amide bonds. The van der Waals surface area contributed by atoms with E-state index in [0.29, 0.717) is 17.9 Å². The number of esters is 1. The van der Waals surface area contributed by atoms with Crippen LogP contribution < -0.4 is 4.72 Å². The van der Waals surface area contributed by atoms with Crippen molar-refractivity contribution in [1.82, 2.24) is 4.72 Å². The van der Waals surface area contributed by atoms with E-state index in [4.69, 9.17) is 9.15 Å². The fraction of sp³-hybridized carbons (Fsp3) is 0.500. The van der Waals surface area contributed by atoms with Crippen LogP contribution in [-0.2, 0) is 4.74 Å². The third-order valence-corrected chi connectivity index (χ3v) is 2.79. The molecule has 0 aliphatic carbocycles. The summed E-state index contributed by atoms with van der Waals surface area (Å²) in [5, 5.41) is 0. The van der Waals surface area contributed by atoms with Gasteiger partial charge in [0.25, 0.3) is 0 Å². The molecule has 0 radical (unpaired) electrons. The lowest BCUT2D eigenvalue weighted by molar-refractivity contribution is 0.0521. The molecule has 0 saturated carbocycles. The molecule has 0 aromatic carbocycles. The molecule has 0 aliphatic rings. The summed E-state index contributed by atoms with van der Waals surface area (Å²) in [7, 11) is 1.79. The van der Waals surface area contributed by atoms with E-state index < -0.39 is 0 Å². The first kappa shape index (κ1) is 12.1. The maximum absolute atomic E-state index is 11.7. The zero-order chi connectivity index (χ0) is 11.4. The highest BCUT2D eigenvalue weighted by Crippen LogP contribution is 2.30. The van der Waals surface area contributed by atoms with Gasteiger partial charge < -0.3 is 9.15 Å². The third kappa shape index (κ3) is 2.54. The molecule has 0 bridgehead atoms. The Hall–Kier alpha value is -0.940. The van der Waals surface area contributed by atoms with Gasteiger partial charge in [0.2, 0.25) is 0 Å². The molecule has 0 unspecified atom stereocenters. The summed E-state index contributed by atoms with van der Waals surface area (Å²) in [5.41, 5.74) is 0.522. The van der Waals surface area contributed by atoms with Gasteiger partial charge in [-0.25, -0.2) is 4.79 Å². The van der Waals surface area contributed by atoms with Crippen LogP contribution in [0.1, 0.15) is 28.8 Å². The van der Waals surface area contributed by atoms with Crippen molar-refractivity contribution in [3.8, 4) is 0 Å². The van der Waals surface area contributed by atoms with Gasteiger partial charge in [-0.2, -0.15) is 0 Å². The molecular formula is C10H15NO3S. The quantitative estimate of drug-likeness (QED) is 0.634. The summed E-state index contributed by atoms with van der Waals surface area (Å²) < 4.78 is 13.3. The van der Waals surface area contributed by atoms with E-state index >= 15 is 0 Å². The van der Waals surface area contributed by atoms with Gasteiger partial charge in [0.15, 0.2) is 0 Å². The Morgan fingerprint density at radius 1 is 1.47 bits per heavy atom. The van der Waals surface area contributed by atoms with Gasteiger partial charge in [0.05, 0.1) is 11.5 Å². The zero-order valence-corrected chi connectivity index (χ0v) is 10.2. The summed E-state index contributed by atoms with van der Waals surface area (Å²) in [6, 6.07) is 0. The van der Waals surface area contributed by atoms with Crippen molar-refractivity contribution in [2.24, 2.45) is 0 Å². The predicted octanol–water partition coefficient (Wildman–Crippen LogP) is 2.30. The van der Waals surface area contributed by atoms with Crippen LogP contribution in [0.25, 0.3) is 0 Å². The fourth-order valence-corrected chi connectivity index (χ4v) is 2.05. The van der Waals surface area contributed by atoms with Crippen LogP contribution >= 0.6 is 11.9 Å². The molecule has 5 heteroatoms. The Kier molecular flexibility index (Phi) is 4.23. The molecule has 0 aliphatic heterocycles. The summed E-state index contributed by atoms with van der Waals surface area (Å²) in [6.07, 6.45) is 0. The van der Waals surface area contributed by atoms with Crippen molar-refractivity contribution >= 4 is 17.9 Å². The van der Waals surface area contributed by atoms with Crippen molar-refractivity contribution in [1.29, 1.82) is 0 Å². The van der Waals surface area contributed by atoms with E-state index in [1.807, 2.05) is 6.92 Å². The Labute approximate surface area is 93.5 Å². The minimum absolute atomic E-state index is 0.329. The molecule has 0 saturated heterocycles. The zero-order valence-electron chi connectivity index (χ0n) is 9.34. The Morgan fingerprint density at radius 3 is 2.67 bits per heavy atom. The molecule has 4 nitrogen and oxygen atoms in total. The van der Waals surface area contributed by atoms with Crippen molar-refractivity contribution in [3.63, 3.8) is 0 Å². The molecule has 1 rings (SSSR count). The molecule has 0 atom stereocenters. The van der Waals surface area contributed by atoms with Crippen LogP contribution in [-0.4, -0.2) is 19.6 Å². The van der Waals surface area contributed by atoms with Gasteiger partial charge in [0.1, 0.15) is 17.1 Å². The summed E-state index contributed by atoms with van der Waals surface area (Å²) in [5.74, 6) is 1.00. The normalized spacial score (nSPS) is 10.4. The van der Waals surface area contributed by atoms with Crippen LogP contribution in [0.2, 0.25) is 0 Å². The Morgan fingerprint density at radius 2 is 2.13 bits per heavy atom. The molecule has 0 spiro atoms. The number of ether oxygens (including phenoxy) is 1. The van der Waals surface area contributed by atoms with Crippen LogP contribution in [0, 0.1) is 13.8 Å². The van der Waals surface area contributed by atoms with Gasteiger partial charge in [0, 0.05) is 0 Å². The first-order valence-electron chi connectivity index (χ1n) is 4.72. The minimum Gasteiger partial charge on any atom is -0.464 e. The maximum atomic E-state index is 11.7. The van der Waals surface area contributed by atoms with Crippen molar-refractivity contribution in [2.45, 2.75) is 25.7 Å². The average molecular weight is 229 g/mol. The molecule has 84 valence electrons. The molecule has 0 fully saturated rings. The van der Waals surface area contributed by atoms with Gasteiger partial charge in [-0.15, -0.1) is 0 Å². The smallest absolute Gasteiger partial charge is 0.342 e. The van der Waals surface area contributed by atoms with Crippen molar-refractivity contribution < 1.29 is 13.9 Å². The molecule has 1 N–H and O–H groups in total. The number of carbonyl (C=O) groups is 1. The minimum atomic E-state index is -0.329. The number of hydrogen-bond acceptors (Lipinski definition) is 5. The Bertz CT molecular complexity index is 360. The number of aryl methyl sites for hydroxylation is 2. The number of furan rings is 1. The highest BCUT2D eigenvalue weighted by Gasteiger charge is 2.22. The molecule has 1 heterocycles. The highest BCUT2D eigenvalue weighted by atomic mass is 32.2. The first-order chi connectivity index (χ1) is 7.11.